The zero-order chi connectivity index (χ0) is 15.9. The molecular weight excluding hydrogens is 348 g/mol. The van der Waals surface area contributed by atoms with Crippen molar-refractivity contribution in [1.82, 2.24) is 0 Å². The van der Waals surface area contributed by atoms with Crippen molar-refractivity contribution in [1.29, 1.82) is 0 Å². The summed E-state index contributed by atoms with van der Waals surface area (Å²) < 4.78 is 16.9. The van der Waals surface area contributed by atoms with Gasteiger partial charge in [-0.3, -0.25) is 0 Å². The van der Waals surface area contributed by atoms with Crippen LogP contribution in [0.25, 0.3) is 0 Å². The molecule has 0 saturated heterocycles. The molecule has 116 valence electrons. The van der Waals surface area contributed by atoms with Crippen LogP contribution in [0.1, 0.15) is 12.5 Å². The highest BCUT2D eigenvalue weighted by molar-refractivity contribution is 9.10. The Labute approximate surface area is 138 Å². The van der Waals surface area contributed by atoms with E-state index in [1.165, 1.54) is 0 Å². The van der Waals surface area contributed by atoms with Crippen molar-refractivity contribution in [2.24, 2.45) is 0 Å². The second-order valence-corrected chi connectivity index (χ2v) is 5.43. The van der Waals surface area contributed by atoms with Gasteiger partial charge in [0.25, 0.3) is 0 Å². The van der Waals surface area contributed by atoms with Crippen LogP contribution in [-0.4, -0.2) is 19.2 Å². The third kappa shape index (κ3) is 4.77. The van der Waals surface area contributed by atoms with Crippen molar-refractivity contribution in [2.75, 3.05) is 13.2 Å². The molecule has 0 bridgehead atoms. The third-order valence-corrected chi connectivity index (χ3v) is 3.74. The van der Waals surface area contributed by atoms with Crippen LogP contribution < -0.4 is 14.2 Å². The van der Waals surface area contributed by atoms with Crippen LogP contribution in [0.2, 0.25) is 0 Å². The molecule has 0 fully saturated rings. The molecule has 2 aromatic carbocycles. The fourth-order valence-corrected chi connectivity index (χ4v) is 2.03. The molecule has 2 rings (SSSR count). The second kappa shape index (κ2) is 7.84. The van der Waals surface area contributed by atoms with E-state index in [1.54, 1.807) is 36.4 Å². The summed E-state index contributed by atoms with van der Waals surface area (Å²) in [6.07, 6.45) is 0. The number of hydrogen-bond acceptors (Lipinski definition) is 4. The Morgan fingerprint density at radius 3 is 2.18 bits per heavy atom. The number of carbonyl (C=O) groups excluding carboxylic acids is 1. The van der Waals surface area contributed by atoms with E-state index in [0.717, 1.165) is 15.8 Å². The van der Waals surface area contributed by atoms with Gasteiger partial charge in [-0.15, -0.1) is 0 Å². The first-order chi connectivity index (χ1) is 10.6. The van der Waals surface area contributed by atoms with Gasteiger partial charge in [0, 0.05) is 4.47 Å². The molecule has 0 radical (unpaired) electrons. The highest BCUT2D eigenvalue weighted by atomic mass is 79.9. The van der Waals surface area contributed by atoms with Crippen LogP contribution >= 0.6 is 15.9 Å². The summed E-state index contributed by atoms with van der Waals surface area (Å²) in [5.74, 6) is 1.41. The minimum Gasteiger partial charge on any atom is -0.494 e. The number of aryl methyl sites for hydroxylation is 1. The van der Waals surface area contributed by atoms with Gasteiger partial charge in [0.2, 0.25) is 0 Å². The first-order valence-electron chi connectivity index (χ1n) is 6.91. The van der Waals surface area contributed by atoms with Gasteiger partial charge >= 0.3 is 5.97 Å². The highest BCUT2D eigenvalue weighted by Crippen LogP contribution is 2.22. The first-order valence-corrected chi connectivity index (χ1v) is 7.70. The lowest BCUT2D eigenvalue weighted by molar-refractivity contribution is -0.136. The SMILES string of the molecule is CCOc1ccc(OCC(=O)Oc2ccc(Br)c(C)c2)cc1. The van der Waals surface area contributed by atoms with Crippen LogP contribution in [0.5, 0.6) is 17.2 Å². The van der Waals surface area contributed by atoms with Gasteiger partial charge in [0.1, 0.15) is 17.2 Å². The molecule has 0 heterocycles. The van der Waals surface area contributed by atoms with E-state index >= 15 is 0 Å². The Balaban J connectivity index is 1.85. The number of carbonyl (C=O) groups is 1. The number of benzene rings is 2. The van der Waals surface area contributed by atoms with E-state index in [9.17, 15) is 4.79 Å². The number of hydrogen-bond donors (Lipinski definition) is 0. The number of esters is 1. The second-order valence-electron chi connectivity index (χ2n) is 4.58. The van der Waals surface area contributed by atoms with Crippen molar-refractivity contribution >= 4 is 21.9 Å². The van der Waals surface area contributed by atoms with Gasteiger partial charge in [-0.25, -0.2) is 4.79 Å². The summed E-state index contributed by atoms with van der Waals surface area (Å²) in [6.45, 7) is 4.31. The molecule has 0 amide bonds. The molecule has 22 heavy (non-hydrogen) atoms. The molecule has 0 saturated carbocycles. The molecule has 0 unspecified atom stereocenters. The van der Waals surface area contributed by atoms with Gasteiger partial charge < -0.3 is 14.2 Å². The lowest BCUT2D eigenvalue weighted by Gasteiger charge is -2.08. The van der Waals surface area contributed by atoms with Crippen LogP contribution in [0, 0.1) is 6.92 Å². The van der Waals surface area contributed by atoms with Gasteiger partial charge in [0.15, 0.2) is 6.61 Å². The Hall–Kier alpha value is -2.01. The normalized spacial score (nSPS) is 10.1. The smallest absolute Gasteiger partial charge is 0.349 e. The monoisotopic (exact) mass is 364 g/mol. The summed E-state index contributed by atoms with van der Waals surface area (Å²) in [5, 5.41) is 0. The van der Waals surface area contributed by atoms with Crippen molar-refractivity contribution < 1.29 is 19.0 Å². The van der Waals surface area contributed by atoms with Gasteiger partial charge in [-0.2, -0.15) is 0 Å². The first kappa shape index (κ1) is 16.4. The summed E-state index contributed by atoms with van der Waals surface area (Å²) in [4.78, 5) is 11.8. The molecule has 4 nitrogen and oxygen atoms in total. The van der Waals surface area contributed by atoms with Crippen LogP contribution in [0.3, 0.4) is 0 Å². The molecule has 2 aromatic rings. The summed E-state index contributed by atoms with van der Waals surface area (Å²) in [5.41, 5.74) is 0.998. The Morgan fingerprint density at radius 2 is 1.59 bits per heavy atom. The van der Waals surface area contributed by atoms with Crippen molar-refractivity contribution in [2.45, 2.75) is 13.8 Å². The highest BCUT2D eigenvalue weighted by Gasteiger charge is 2.07. The average Bonchev–Trinajstić information content (AvgIpc) is 2.51. The van der Waals surface area contributed by atoms with E-state index < -0.39 is 5.97 Å². The molecule has 0 aliphatic carbocycles. The zero-order valence-electron chi connectivity index (χ0n) is 12.5. The predicted octanol–water partition coefficient (Wildman–Crippen LogP) is 4.14. The van der Waals surface area contributed by atoms with E-state index in [1.807, 2.05) is 19.9 Å². The van der Waals surface area contributed by atoms with E-state index in [-0.39, 0.29) is 6.61 Å². The van der Waals surface area contributed by atoms with Crippen molar-refractivity contribution in [3.63, 3.8) is 0 Å². The molecule has 0 spiro atoms. The largest absolute Gasteiger partial charge is 0.494 e. The van der Waals surface area contributed by atoms with Crippen molar-refractivity contribution in [3.05, 3.63) is 52.5 Å². The predicted molar refractivity (Wildman–Crippen MR) is 87.6 cm³/mol. The van der Waals surface area contributed by atoms with Gasteiger partial charge in [0.05, 0.1) is 6.61 Å². The quantitative estimate of drug-likeness (QED) is 0.570. The van der Waals surface area contributed by atoms with Gasteiger partial charge in [-0.05, 0) is 61.9 Å². The van der Waals surface area contributed by atoms with E-state index in [2.05, 4.69) is 15.9 Å². The van der Waals surface area contributed by atoms with Crippen molar-refractivity contribution in [3.8, 4) is 17.2 Å². The van der Waals surface area contributed by atoms with Crippen LogP contribution in [0.15, 0.2) is 46.9 Å². The topological polar surface area (TPSA) is 44.8 Å². The molecular formula is C17H17BrO4. The Morgan fingerprint density at radius 1 is 1.00 bits per heavy atom. The number of halogens is 1. The number of rotatable bonds is 6. The maximum Gasteiger partial charge on any atom is 0.349 e. The summed E-state index contributed by atoms with van der Waals surface area (Å²) in [6, 6.07) is 12.4. The molecule has 0 aromatic heterocycles. The summed E-state index contributed by atoms with van der Waals surface area (Å²) >= 11 is 3.40. The third-order valence-electron chi connectivity index (χ3n) is 2.85. The van der Waals surface area contributed by atoms with E-state index in [4.69, 9.17) is 14.2 Å². The lowest BCUT2D eigenvalue weighted by atomic mass is 10.2. The zero-order valence-corrected chi connectivity index (χ0v) is 14.1. The number of ether oxygens (including phenoxy) is 3. The molecule has 0 N–H and O–H groups in total. The van der Waals surface area contributed by atoms with E-state index in [0.29, 0.717) is 18.1 Å². The average molecular weight is 365 g/mol. The van der Waals surface area contributed by atoms with Crippen LogP contribution in [-0.2, 0) is 4.79 Å². The van der Waals surface area contributed by atoms with Gasteiger partial charge in [-0.1, -0.05) is 15.9 Å². The Kier molecular flexibility index (Phi) is 5.83. The maximum atomic E-state index is 11.8. The Bertz CT molecular complexity index is 638. The minimum absolute atomic E-state index is 0.150. The molecule has 0 aliphatic rings. The standard InChI is InChI=1S/C17H17BrO4/c1-3-20-13-4-6-14(7-5-13)21-11-17(19)22-15-8-9-16(18)12(2)10-15/h4-10H,3,11H2,1-2H3. The molecule has 5 heteroatoms. The fourth-order valence-electron chi connectivity index (χ4n) is 1.78. The molecule has 0 aliphatic heterocycles. The lowest BCUT2D eigenvalue weighted by Crippen LogP contribution is -2.17. The maximum absolute atomic E-state index is 11.8. The minimum atomic E-state index is -0.449. The van der Waals surface area contributed by atoms with Crippen LogP contribution in [0.4, 0.5) is 0 Å². The summed E-state index contributed by atoms with van der Waals surface area (Å²) in [7, 11) is 0. The fraction of sp³-hybridized carbons (Fsp3) is 0.235. The molecule has 0 atom stereocenters.